The molecule has 0 N–H and O–H groups in total. The van der Waals surface area contributed by atoms with E-state index in [0.717, 1.165) is 101 Å². The lowest BCUT2D eigenvalue weighted by molar-refractivity contribution is 0.592. The molecule has 14 aromatic carbocycles. The fraction of sp³-hybridized carbons (Fsp3) is 0.0455. The van der Waals surface area contributed by atoms with Gasteiger partial charge in [-0.2, -0.15) is 0 Å². The van der Waals surface area contributed by atoms with Crippen molar-refractivity contribution in [3.8, 4) is 100 Å². The Labute approximate surface area is 535 Å². The van der Waals surface area contributed by atoms with Gasteiger partial charge in [-0.05, 0) is 148 Å². The standard InChI is InChI=1S/C88H65BN2/c1-88(2,3)78-59-82-80(58-77(78)67-44-26-11-27-45-67)89-79-55-68(71-53-69(60-30-12-4-13-31-60)52-70(54-71)61-32-14-5-15-33-61)50-51-81(79)90(86-73(63-36-18-7-19-37-63)46-28-47-74(86)64-38-20-8-21-39-64)83-56-72(62-34-16-6-17-35-62)57-84(85(83)89)91(82)87-75(65-40-22-9-23-41-65)48-29-49-76(87)66-42-24-10-25-43-66/h4-59H,1-3H3. The number of hydrogen-bond donors (Lipinski definition) is 0. The molecule has 14 aromatic rings. The Balaban J connectivity index is 1.09. The molecular weight excluding hydrogens is 1100 g/mol. The van der Waals surface area contributed by atoms with Gasteiger partial charge in [0.25, 0.3) is 6.71 Å². The summed E-state index contributed by atoms with van der Waals surface area (Å²) >= 11 is 0. The summed E-state index contributed by atoms with van der Waals surface area (Å²) in [4.78, 5) is 5.35. The first kappa shape index (κ1) is 55.1. The second-order valence-corrected chi connectivity index (χ2v) is 25.1. The Hall–Kier alpha value is -11.3. The van der Waals surface area contributed by atoms with Crippen LogP contribution < -0.4 is 26.2 Å². The molecule has 2 aliphatic rings. The molecule has 0 saturated heterocycles. The zero-order chi connectivity index (χ0) is 61.0. The third-order valence-electron chi connectivity index (χ3n) is 18.5. The van der Waals surface area contributed by atoms with Gasteiger partial charge in [-0.25, -0.2) is 0 Å². The number of rotatable bonds is 11. The van der Waals surface area contributed by atoms with Gasteiger partial charge in [0.15, 0.2) is 0 Å². The largest absolute Gasteiger partial charge is 0.310 e. The molecule has 0 aromatic heterocycles. The Morgan fingerprint density at radius 1 is 0.220 bits per heavy atom. The van der Waals surface area contributed by atoms with Crippen LogP contribution in [0.5, 0.6) is 0 Å². The third-order valence-corrected chi connectivity index (χ3v) is 18.5. The Kier molecular flexibility index (Phi) is 13.9. The molecule has 0 spiro atoms. The number of hydrogen-bond acceptors (Lipinski definition) is 2. The van der Waals surface area contributed by atoms with Crippen LogP contribution in [0.1, 0.15) is 26.3 Å². The highest BCUT2D eigenvalue weighted by molar-refractivity contribution is 7.00. The van der Waals surface area contributed by atoms with Gasteiger partial charge >= 0.3 is 0 Å². The first-order valence-corrected chi connectivity index (χ1v) is 31.8. The highest BCUT2D eigenvalue weighted by atomic mass is 15.2. The smallest absolute Gasteiger partial charge is 0.252 e. The monoisotopic (exact) mass is 1160 g/mol. The van der Waals surface area contributed by atoms with Crippen molar-refractivity contribution in [2.75, 3.05) is 9.80 Å². The molecule has 0 fully saturated rings. The molecule has 430 valence electrons. The van der Waals surface area contributed by atoms with E-state index in [4.69, 9.17) is 0 Å². The Bertz CT molecular complexity index is 4820. The van der Waals surface area contributed by atoms with E-state index < -0.39 is 0 Å². The first-order valence-electron chi connectivity index (χ1n) is 31.8. The SMILES string of the molecule is CC(C)(C)c1cc2c(cc1-c1ccccc1)B1c3cc(-c4cc(-c5ccccc5)cc(-c5ccccc5)c4)ccc3N(c3c(-c4ccccc4)cccc3-c3ccccc3)c3cc(-c4ccccc4)cc(c31)N2c1c(-c2ccccc2)cccc1-c1ccccc1. The van der Waals surface area contributed by atoms with Crippen LogP contribution in [-0.2, 0) is 5.41 Å². The van der Waals surface area contributed by atoms with Gasteiger partial charge in [-0.3, -0.25) is 0 Å². The van der Waals surface area contributed by atoms with Crippen molar-refractivity contribution in [2.45, 2.75) is 26.2 Å². The third kappa shape index (κ3) is 9.96. The summed E-state index contributed by atoms with van der Waals surface area (Å²) in [5, 5.41) is 0. The first-order chi connectivity index (χ1) is 44.8. The summed E-state index contributed by atoms with van der Waals surface area (Å²) in [7, 11) is 0. The van der Waals surface area contributed by atoms with E-state index in [-0.39, 0.29) is 12.1 Å². The minimum absolute atomic E-state index is 0.247. The average molecular weight is 1160 g/mol. The maximum Gasteiger partial charge on any atom is 0.252 e. The highest BCUT2D eigenvalue weighted by Gasteiger charge is 2.46. The molecule has 0 amide bonds. The van der Waals surface area contributed by atoms with E-state index >= 15 is 0 Å². The van der Waals surface area contributed by atoms with Gasteiger partial charge in [0.2, 0.25) is 0 Å². The minimum atomic E-state index is -0.256. The molecule has 0 unspecified atom stereocenters. The lowest BCUT2D eigenvalue weighted by Gasteiger charge is -2.46. The van der Waals surface area contributed by atoms with E-state index in [1.54, 1.807) is 0 Å². The summed E-state index contributed by atoms with van der Waals surface area (Å²) < 4.78 is 0. The molecule has 0 bridgehead atoms. The maximum absolute atomic E-state index is 2.69. The van der Waals surface area contributed by atoms with Crippen LogP contribution in [0.2, 0.25) is 0 Å². The van der Waals surface area contributed by atoms with Crippen molar-refractivity contribution in [1.29, 1.82) is 0 Å². The normalized spacial score (nSPS) is 12.3. The van der Waals surface area contributed by atoms with Crippen LogP contribution in [0.3, 0.4) is 0 Å². The van der Waals surface area contributed by atoms with Crippen molar-refractivity contribution in [1.82, 2.24) is 0 Å². The predicted molar refractivity (Wildman–Crippen MR) is 388 cm³/mol. The summed E-state index contributed by atoms with van der Waals surface area (Å²) in [6.07, 6.45) is 0. The maximum atomic E-state index is 2.69. The Morgan fingerprint density at radius 3 is 0.890 bits per heavy atom. The van der Waals surface area contributed by atoms with Crippen LogP contribution in [-0.4, -0.2) is 6.71 Å². The molecule has 2 aliphatic heterocycles. The van der Waals surface area contributed by atoms with Crippen molar-refractivity contribution < 1.29 is 0 Å². The Morgan fingerprint density at radius 2 is 0.527 bits per heavy atom. The molecule has 2 heterocycles. The van der Waals surface area contributed by atoms with Gasteiger partial charge in [0.1, 0.15) is 0 Å². The van der Waals surface area contributed by atoms with E-state index in [9.17, 15) is 0 Å². The molecule has 0 aliphatic carbocycles. The second-order valence-electron chi connectivity index (χ2n) is 25.1. The zero-order valence-corrected chi connectivity index (χ0v) is 51.3. The summed E-state index contributed by atoms with van der Waals surface area (Å²) in [5.41, 5.74) is 32.5. The summed E-state index contributed by atoms with van der Waals surface area (Å²) in [6, 6.07) is 127. The molecule has 3 heteroatoms. The number of benzene rings is 14. The fourth-order valence-corrected chi connectivity index (χ4v) is 14.3. The van der Waals surface area contributed by atoms with Gasteiger partial charge < -0.3 is 9.80 Å². The van der Waals surface area contributed by atoms with E-state index in [1.807, 2.05) is 0 Å². The predicted octanol–water partition coefficient (Wildman–Crippen LogP) is 22.1. The number of fused-ring (bicyclic) bond motifs is 4. The minimum Gasteiger partial charge on any atom is -0.310 e. The van der Waals surface area contributed by atoms with Crippen LogP contribution in [0.25, 0.3) is 100 Å². The second kappa shape index (κ2) is 23.0. The number of para-hydroxylation sites is 2. The quantitative estimate of drug-likeness (QED) is 0.119. The number of anilines is 6. The van der Waals surface area contributed by atoms with E-state index in [1.165, 1.54) is 55.3 Å². The molecule has 0 atom stereocenters. The average Bonchev–Trinajstić information content (AvgIpc) is 0.689. The van der Waals surface area contributed by atoms with Crippen LogP contribution in [0, 0.1) is 0 Å². The molecule has 2 nitrogen and oxygen atoms in total. The van der Waals surface area contributed by atoms with Gasteiger partial charge in [-0.1, -0.05) is 318 Å². The number of nitrogens with zero attached hydrogens (tertiary/aromatic N) is 2. The van der Waals surface area contributed by atoms with Gasteiger partial charge in [0.05, 0.1) is 11.4 Å². The van der Waals surface area contributed by atoms with E-state index in [0.29, 0.717) is 0 Å². The highest BCUT2D eigenvalue weighted by Crippen LogP contribution is 2.55. The van der Waals surface area contributed by atoms with Crippen LogP contribution in [0.15, 0.2) is 340 Å². The van der Waals surface area contributed by atoms with Crippen LogP contribution >= 0.6 is 0 Å². The molecule has 16 rings (SSSR count). The molecule has 0 saturated carbocycles. The van der Waals surface area contributed by atoms with Crippen LogP contribution in [0.4, 0.5) is 34.1 Å². The molecule has 0 radical (unpaired) electrons. The van der Waals surface area contributed by atoms with Gasteiger partial charge in [0, 0.05) is 45.0 Å². The lowest BCUT2D eigenvalue weighted by atomic mass is 9.33. The molecule has 91 heavy (non-hydrogen) atoms. The van der Waals surface area contributed by atoms with Crippen molar-refractivity contribution in [3.63, 3.8) is 0 Å². The topological polar surface area (TPSA) is 6.48 Å². The van der Waals surface area contributed by atoms with Crippen molar-refractivity contribution in [2.24, 2.45) is 0 Å². The van der Waals surface area contributed by atoms with Gasteiger partial charge in [-0.15, -0.1) is 0 Å². The van der Waals surface area contributed by atoms with E-state index in [2.05, 4.69) is 370 Å². The lowest BCUT2D eigenvalue weighted by Crippen LogP contribution is -2.61. The summed E-state index contributed by atoms with van der Waals surface area (Å²) in [6.45, 7) is 6.89. The van der Waals surface area contributed by atoms with Crippen molar-refractivity contribution in [3.05, 3.63) is 345 Å². The molecular formula is C88H65BN2. The summed E-state index contributed by atoms with van der Waals surface area (Å²) in [5.74, 6) is 0. The van der Waals surface area contributed by atoms with Crippen molar-refractivity contribution >= 4 is 57.2 Å². The fourth-order valence-electron chi connectivity index (χ4n) is 14.3. The zero-order valence-electron chi connectivity index (χ0n) is 51.3.